The lowest BCUT2D eigenvalue weighted by Gasteiger charge is -2.28. The summed E-state index contributed by atoms with van der Waals surface area (Å²) >= 11 is 2.02. The number of hydrogen-bond donors (Lipinski definition) is 1. The molecule has 0 atom stereocenters. The van der Waals surface area contributed by atoms with Crippen molar-refractivity contribution in [3.63, 3.8) is 0 Å². The van der Waals surface area contributed by atoms with Gasteiger partial charge in [-0.15, -0.1) is 0 Å². The highest BCUT2D eigenvalue weighted by molar-refractivity contribution is 7.99. The predicted molar refractivity (Wildman–Crippen MR) is 75.4 cm³/mol. The lowest BCUT2D eigenvalue weighted by atomic mass is 9.95. The van der Waals surface area contributed by atoms with Gasteiger partial charge in [-0.05, 0) is 50.5 Å². The molecule has 1 aromatic rings. The van der Waals surface area contributed by atoms with Crippen LogP contribution in [0.25, 0.3) is 0 Å². The monoisotopic (exact) mass is 250 g/mol. The van der Waals surface area contributed by atoms with E-state index in [9.17, 15) is 0 Å². The van der Waals surface area contributed by atoms with Gasteiger partial charge in [-0.3, -0.25) is 4.98 Å². The quantitative estimate of drug-likeness (QED) is 0.888. The second-order valence-electron chi connectivity index (χ2n) is 4.86. The number of aryl methyl sites for hydroxylation is 1. The van der Waals surface area contributed by atoms with E-state index >= 15 is 0 Å². The molecule has 0 unspecified atom stereocenters. The first kappa shape index (κ1) is 12.9. The molecule has 0 aliphatic heterocycles. The Morgan fingerprint density at radius 3 is 2.76 bits per heavy atom. The highest BCUT2D eigenvalue weighted by Gasteiger charge is 2.19. The van der Waals surface area contributed by atoms with Gasteiger partial charge in [-0.1, -0.05) is 6.07 Å². The lowest BCUT2D eigenvalue weighted by Crippen LogP contribution is -2.33. The van der Waals surface area contributed by atoms with Crippen LogP contribution in [0.2, 0.25) is 0 Å². The summed E-state index contributed by atoms with van der Waals surface area (Å²) in [4.78, 5) is 4.43. The van der Waals surface area contributed by atoms with E-state index in [0.717, 1.165) is 11.8 Å². The van der Waals surface area contributed by atoms with Gasteiger partial charge >= 0.3 is 0 Å². The molecule has 0 radical (unpaired) electrons. The average Bonchev–Trinajstić information content (AvgIpc) is 2.38. The molecule has 3 heteroatoms. The Morgan fingerprint density at radius 2 is 2.12 bits per heavy atom. The van der Waals surface area contributed by atoms with Crippen molar-refractivity contribution in [2.45, 2.75) is 50.4 Å². The molecule has 0 amide bonds. The summed E-state index contributed by atoms with van der Waals surface area (Å²) in [6, 6.07) is 4.83. The Balaban J connectivity index is 1.78. The molecule has 1 N–H and O–H groups in total. The molecule has 17 heavy (non-hydrogen) atoms. The Bertz CT molecular complexity index is 346. The van der Waals surface area contributed by atoms with E-state index in [-0.39, 0.29) is 0 Å². The molecule has 1 aromatic heterocycles. The van der Waals surface area contributed by atoms with Crippen molar-refractivity contribution in [2.24, 2.45) is 0 Å². The molecule has 0 saturated heterocycles. The largest absolute Gasteiger partial charge is 0.308 e. The summed E-state index contributed by atoms with van der Waals surface area (Å²) in [5.41, 5.74) is 2.48. The summed E-state index contributed by atoms with van der Waals surface area (Å²) in [6.07, 6.45) is 9.47. The van der Waals surface area contributed by atoms with Crippen molar-refractivity contribution >= 4 is 11.8 Å². The Morgan fingerprint density at radius 1 is 1.35 bits per heavy atom. The number of rotatable bonds is 4. The zero-order chi connectivity index (χ0) is 12.1. The van der Waals surface area contributed by atoms with Crippen LogP contribution in [0, 0.1) is 6.92 Å². The van der Waals surface area contributed by atoms with E-state index in [1.807, 2.05) is 24.0 Å². The van der Waals surface area contributed by atoms with Crippen molar-refractivity contribution in [1.29, 1.82) is 0 Å². The molecule has 0 bridgehead atoms. The zero-order valence-corrected chi connectivity index (χ0v) is 11.6. The van der Waals surface area contributed by atoms with E-state index < -0.39 is 0 Å². The number of thioether (sulfide) groups is 1. The third-order valence-electron chi connectivity index (χ3n) is 3.68. The minimum absolute atomic E-state index is 0.694. The fourth-order valence-electron chi connectivity index (χ4n) is 2.45. The molecule has 94 valence electrons. The molecule has 1 aliphatic rings. The van der Waals surface area contributed by atoms with E-state index in [1.54, 1.807) is 0 Å². The summed E-state index contributed by atoms with van der Waals surface area (Å²) in [6.45, 7) is 3.05. The van der Waals surface area contributed by atoms with Crippen molar-refractivity contribution in [2.75, 3.05) is 6.26 Å². The molecular formula is C14H22N2S. The summed E-state index contributed by atoms with van der Waals surface area (Å²) < 4.78 is 0. The summed E-state index contributed by atoms with van der Waals surface area (Å²) in [7, 11) is 0. The minimum atomic E-state index is 0.694. The Kier molecular flexibility index (Phi) is 4.86. The standard InChI is InChI=1S/C14H22N2S/c1-11-4-3-9-15-14(11)10-16-12-5-7-13(17-2)8-6-12/h3-4,9,12-13,16H,5-8,10H2,1-2H3. The molecule has 0 aromatic carbocycles. The van der Waals surface area contributed by atoms with Crippen LogP contribution in [0.5, 0.6) is 0 Å². The molecule has 1 heterocycles. The van der Waals surface area contributed by atoms with Gasteiger partial charge in [-0.2, -0.15) is 11.8 Å². The van der Waals surface area contributed by atoms with E-state index in [2.05, 4.69) is 29.5 Å². The fraction of sp³-hybridized carbons (Fsp3) is 0.643. The highest BCUT2D eigenvalue weighted by Crippen LogP contribution is 2.26. The maximum atomic E-state index is 4.43. The summed E-state index contributed by atoms with van der Waals surface area (Å²) in [5.74, 6) is 0. The fourth-order valence-corrected chi connectivity index (χ4v) is 3.19. The third-order valence-corrected chi connectivity index (χ3v) is 4.82. The molecule has 1 saturated carbocycles. The van der Waals surface area contributed by atoms with E-state index in [4.69, 9.17) is 0 Å². The smallest absolute Gasteiger partial charge is 0.0570 e. The van der Waals surface area contributed by atoms with Crippen LogP contribution in [0.1, 0.15) is 36.9 Å². The van der Waals surface area contributed by atoms with Crippen LogP contribution >= 0.6 is 11.8 Å². The van der Waals surface area contributed by atoms with Gasteiger partial charge in [0.1, 0.15) is 0 Å². The van der Waals surface area contributed by atoms with Crippen LogP contribution in [0.4, 0.5) is 0 Å². The maximum absolute atomic E-state index is 4.43. The molecule has 2 nitrogen and oxygen atoms in total. The molecule has 0 spiro atoms. The first-order valence-electron chi connectivity index (χ1n) is 6.46. The number of nitrogens with one attached hydrogen (secondary N) is 1. The maximum Gasteiger partial charge on any atom is 0.0570 e. The second-order valence-corrected chi connectivity index (χ2v) is 6.00. The van der Waals surface area contributed by atoms with E-state index in [1.165, 1.54) is 36.9 Å². The van der Waals surface area contributed by atoms with Crippen molar-refractivity contribution in [1.82, 2.24) is 10.3 Å². The van der Waals surface area contributed by atoms with Crippen molar-refractivity contribution < 1.29 is 0 Å². The van der Waals surface area contributed by atoms with Crippen molar-refractivity contribution in [3.05, 3.63) is 29.6 Å². The SMILES string of the molecule is CSC1CCC(NCc2ncccc2C)CC1. The van der Waals surface area contributed by atoms with Crippen LogP contribution in [0.3, 0.4) is 0 Å². The summed E-state index contributed by atoms with van der Waals surface area (Å²) in [5, 5.41) is 4.54. The van der Waals surface area contributed by atoms with Gasteiger partial charge in [0.25, 0.3) is 0 Å². The van der Waals surface area contributed by atoms with Crippen LogP contribution in [0.15, 0.2) is 18.3 Å². The predicted octanol–water partition coefficient (Wildman–Crippen LogP) is 3.15. The number of aromatic nitrogens is 1. The van der Waals surface area contributed by atoms with Gasteiger partial charge in [0.15, 0.2) is 0 Å². The number of nitrogens with zero attached hydrogens (tertiary/aromatic N) is 1. The zero-order valence-electron chi connectivity index (χ0n) is 10.8. The topological polar surface area (TPSA) is 24.9 Å². The van der Waals surface area contributed by atoms with E-state index in [0.29, 0.717) is 6.04 Å². The van der Waals surface area contributed by atoms with Crippen LogP contribution in [-0.4, -0.2) is 22.5 Å². The first-order chi connectivity index (χ1) is 8.29. The Hall–Kier alpha value is -0.540. The van der Waals surface area contributed by atoms with Gasteiger partial charge in [0.2, 0.25) is 0 Å². The molecule has 1 aliphatic carbocycles. The van der Waals surface area contributed by atoms with Gasteiger partial charge in [0.05, 0.1) is 5.69 Å². The average molecular weight is 250 g/mol. The van der Waals surface area contributed by atoms with Crippen molar-refractivity contribution in [3.8, 4) is 0 Å². The normalized spacial score (nSPS) is 24.8. The highest BCUT2D eigenvalue weighted by atomic mass is 32.2. The van der Waals surface area contributed by atoms with Gasteiger partial charge in [0, 0.05) is 24.0 Å². The third kappa shape index (κ3) is 3.71. The first-order valence-corrected chi connectivity index (χ1v) is 7.75. The van der Waals surface area contributed by atoms with Gasteiger partial charge < -0.3 is 5.32 Å². The Labute approximate surface area is 109 Å². The van der Waals surface area contributed by atoms with Crippen LogP contribution < -0.4 is 5.32 Å². The van der Waals surface area contributed by atoms with Crippen LogP contribution in [-0.2, 0) is 6.54 Å². The van der Waals surface area contributed by atoms with Gasteiger partial charge in [-0.25, -0.2) is 0 Å². The molecular weight excluding hydrogens is 228 g/mol. The molecule has 2 rings (SSSR count). The molecule has 1 fully saturated rings. The minimum Gasteiger partial charge on any atom is -0.308 e. The number of pyridine rings is 1. The number of hydrogen-bond acceptors (Lipinski definition) is 3. The second kappa shape index (κ2) is 6.41. The lowest BCUT2D eigenvalue weighted by molar-refractivity contribution is 0.377.